The van der Waals surface area contributed by atoms with E-state index in [1.54, 1.807) is 7.11 Å². The Morgan fingerprint density at radius 2 is 2.12 bits per heavy atom. The lowest BCUT2D eigenvalue weighted by atomic mass is 9.90. The maximum atomic E-state index is 5.39. The Kier molecular flexibility index (Phi) is 4.81. The van der Waals surface area contributed by atoms with Crippen LogP contribution in [0.15, 0.2) is 22.7 Å². The molecule has 0 bridgehead atoms. The van der Waals surface area contributed by atoms with Gasteiger partial charge in [0.1, 0.15) is 5.75 Å². The molecule has 1 aromatic rings. The monoisotopic (exact) mass is 285 g/mol. The number of halogens is 1. The quantitative estimate of drug-likeness (QED) is 0.896. The molecule has 0 aliphatic carbocycles. The molecule has 0 radical (unpaired) electrons. The van der Waals surface area contributed by atoms with E-state index in [2.05, 4.69) is 41.2 Å². The van der Waals surface area contributed by atoms with Crippen LogP contribution in [-0.4, -0.2) is 19.7 Å². The lowest BCUT2D eigenvalue weighted by molar-refractivity contribution is 0.355. The van der Waals surface area contributed by atoms with Gasteiger partial charge in [0, 0.05) is 10.0 Å². The fourth-order valence-electron chi connectivity index (χ4n) is 1.70. The number of methoxy groups -OCH3 is 1. The highest BCUT2D eigenvalue weighted by atomic mass is 79.9. The molecule has 0 spiro atoms. The molecule has 0 saturated heterocycles. The highest BCUT2D eigenvalue weighted by molar-refractivity contribution is 9.10. The van der Waals surface area contributed by atoms with E-state index in [0.717, 1.165) is 23.1 Å². The minimum absolute atomic E-state index is 0.119. The average Bonchev–Trinajstić information content (AvgIpc) is 2.29. The van der Waals surface area contributed by atoms with Gasteiger partial charge in [0.2, 0.25) is 0 Å². The number of ether oxygens (including phenoxy) is 1. The van der Waals surface area contributed by atoms with Gasteiger partial charge in [-0.15, -0.1) is 0 Å². The van der Waals surface area contributed by atoms with Crippen LogP contribution in [0.4, 0.5) is 0 Å². The Balaban J connectivity index is 2.98. The predicted octanol–water partition coefficient (Wildman–Crippen LogP) is 3.39. The molecule has 0 fully saturated rings. The maximum absolute atomic E-state index is 5.39. The lowest BCUT2D eigenvalue weighted by Gasteiger charge is -2.28. The molecule has 3 heteroatoms. The van der Waals surface area contributed by atoms with Crippen LogP contribution in [0.3, 0.4) is 0 Å². The Hall–Kier alpha value is -0.540. The van der Waals surface area contributed by atoms with Gasteiger partial charge in [0.15, 0.2) is 0 Å². The van der Waals surface area contributed by atoms with Crippen molar-refractivity contribution >= 4 is 15.9 Å². The van der Waals surface area contributed by atoms with Crippen molar-refractivity contribution in [3.05, 3.63) is 28.2 Å². The zero-order chi connectivity index (χ0) is 12.2. The summed E-state index contributed by atoms with van der Waals surface area (Å²) in [6.45, 7) is 4.42. The van der Waals surface area contributed by atoms with E-state index in [1.807, 2.05) is 19.2 Å². The second-order valence-corrected chi connectivity index (χ2v) is 5.21. The van der Waals surface area contributed by atoms with Gasteiger partial charge in [-0.3, -0.25) is 0 Å². The van der Waals surface area contributed by atoms with Crippen molar-refractivity contribution in [2.45, 2.75) is 32.2 Å². The molecular formula is C13H20BrNO. The first kappa shape index (κ1) is 13.5. The second kappa shape index (κ2) is 5.69. The predicted molar refractivity (Wildman–Crippen MR) is 72.2 cm³/mol. The number of hydrogen-bond donors (Lipinski definition) is 1. The number of rotatable bonds is 5. The van der Waals surface area contributed by atoms with E-state index < -0.39 is 0 Å². The van der Waals surface area contributed by atoms with E-state index in [1.165, 1.54) is 5.56 Å². The largest absolute Gasteiger partial charge is 0.496 e. The first-order chi connectivity index (χ1) is 7.54. The zero-order valence-corrected chi connectivity index (χ0v) is 12.0. The van der Waals surface area contributed by atoms with Crippen molar-refractivity contribution in [1.82, 2.24) is 5.32 Å². The Bertz CT molecular complexity index is 348. The molecule has 0 aromatic heterocycles. The van der Waals surface area contributed by atoms with Crippen molar-refractivity contribution < 1.29 is 4.74 Å². The van der Waals surface area contributed by atoms with Crippen LogP contribution in [0.5, 0.6) is 5.75 Å². The van der Waals surface area contributed by atoms with Crippen LogP contribution in [0.1, 0.15) is 25.8 Å². The summed E-state index contributed by atoms with van der Waals surface area (Å²) in [5, 5.41) is 3.38. The lowest BCUT2D eigenvalue weighted by Crippen LogP contribution is -2.41. The summed E-state index contributed by atoms with van der Waals surface area (Å²) in [7, 11) is 3.73. The van der Waals surface area contributed by atoms with Gasteiger partial charge in [-0.1, -0.05) is 22.9 Å². The molecule has 1 N–H and O–H groups in total. The van der Waals surface area contributed by atoms with Crippen molar-refractivity contribution in [1.29, 1.82) is 0 Å². The molecule has 1 rings (SSSR count). The molecule has 0 amide bonds. The average molecular weight is 286 g/mol. The van der Waals surface area contributed by atoms with Gasteiger partial charge in [0.25, 0.3) is 0 Å². The Morgan fingerprint density at radius 3 is 2.62 bits per heavy atom. The van der Waals surface area contributed by atoms with Crippen LogP contribution in [0, 0.1) is 0 Å². The van der Waals surface area contributed by atoms with E-state index in [0.29, 0.717) is 0 Å². The van der Waals surface area contributed by atoms with E-state index in [4.69, 9.17) is 4.74 Å². The van der Waals surface area contributed by atoms with Gasteiger partial charge in [-0.25, -0.2) is 0 Å². The Labute approximate surface area is 107 Å². The molecule has 0 aliphatic rings. The first-order valence-electron chi connectivity index (χ1n) is 5.56. The first-order valence-corrected chi connectivity index (χ1v) is 6.35. The third-order valence-electron chi connectivity index (χ3n) is 3.21. The SMILES string of the molecule is CC[C@](C)(Cc1cc(Br)ccc1OC)NC. The second-order valence-electron chi connectivity index (χ2n) is 4.30. The summed E-state index contributed by atoms with van der Waals surface area (Å²) in [5.41, 5.74) is 1.35. The molecule has 0 unspecified atom stereocenters. The molecule has 90 valence electrons. The number of nitrogens with one attached hydrogen (secondary N) is 1. The summed E-state index contributed by atoms with van der Waals surface area (Å²) < 4.78 is 6.48. The van der Waals surface area contributed by atoms with Crippen molar-refractivity contribution in [3.63, 3.8) is 0 Å². The van der Waals surface area contributed by atoms with E-state index in [9.17, 15) is 0 Å². The fraction of sp³-hybridized carbons (Fsp3) is 0.538. The highest BCUT2D eigenvalue weighted by Crippen LogP contribution is 2.27. The molecule has 16 heavy (non-hydrogen) atoms. The van der Waals surface area contributed by atoms with Crippen molar-refractivity contribution in [2.75, 3.05) is 14.2 Å². The smallest absolute Gasteiger partial charge is 0.122 e. The highest BCUT2D eigenvalue weighted by Gasteiger charge is 2.21. The van der Waals surface area contributed by atoms with Crippen LogP contribution in [0.2, 0.25) is 0 Å². The maximum Gasteiger partial charge on any atom is 0.122 e. The van der Waals surface area contributed by atoms with Gasteiger partial charge in [-0.2, -0.15) is 0 Å². The molecule has 1 atom stereocenters. The fourth-order valence-corrected chi connectivity index (χ4v) is 2.10. The molecular weight excluding hydrogens is 266 g/mol. The minimum Gasteiger partial charge on any atom is -0.496 e. The zero-order valence-electron chi connectivity index (χ0n) is 10.4. The minimum atomic E-state index is 0.119. The summed E-state index contributed by atoms with van der Waals surface area (Å²) in [6, 6.07) is 6.14. The normalized spacial score (nSPS) is 14.6. The van der Waals surface area contributed by atoms with Crippen LogP contribution < -0.4 is 10.1 Å². The topological polar surface area (TPSA) is 21.3 Å². The van der Waals surface area contributed by atoms with Gasteiger partial charge in [-0.05, 0) is 50.6 Å². The van der Waals surface area contributed by atoms with Crippen LogP contribution in [0.25, 0.3) is 0 Å². The van der Waals surface area contributed by atoms with Gasteiger partial charge < -0.3 is 10.1 Å². The third-order valence-corrected chi connectivity index (χ3v) is 3.70. The Morgan fingerprint density at radius 1 is 1.44 bits per heavy atom. The summed E-state index contributed by atoms with van der Waals surface area (Å²) in [5.74, 6) is 0.957. The van der Waals surface area contributed by atoms with Crippen LogP contribution >= 0.6 is 15.9 Å². The van der Waals surface area contributed by atoms with E-state index >= 15 is 0 Å². The standard InChI is InChI=1S/C13H20BrNO/c1-5-13(2,15-3)9-10-8-11(14)6-7-12(10)16-4/h6-8,15H,5,9H2,1-4H3/t13-/m1/s1. The summed E-state index contributed by atoms with van der Waals surface area (Å²) >= 11 is 3.50. The number of hydrogen-bond acceptors (Lipinski definition) is 2. The molecule has 2 nitrogen and oxygen atoms in total. The van der Waals surface area contributed by atoms with Crippen LogP contribution in [-0.2, 0) is 6.42 Å². The number of likely N-dealkylation sites (N-methyl/N-ethyl adjacent to an activating group) is 1. The summed E-state index contributed by atoms with van der Waals surface area (Å²) in [4.78, 5) is 0. The number of benzene rings is 1. The van der Waals surface area contributed by atoms with Crippen molar-refractivity contribution in [3.8, 4) is 5.75 Å². The van der Waals surface area contributed by atoms with Gasteiger partial charge >= 0.3 is 0 Å². The molecule has 0 saturated carbocycles. The molecule has 0 heterocycles. The molecule has 1 aromatic carbocycles. The van der Waals surface area contributed by atoms with Gasteiger partial charge in [0.05, 0.1) is 7.11 Å². The molecule has 0 aliphatic heterocycles. The van der Waals surface area contributed by atoms with Crippen molar-refractivity contribution in [2.24, 2.45) is 0 Å². The van der Waals surface area contributed by atoms with E-state index in [-0.39, 0.29) is 5.54 Å². The summed E-state index contributed by atoms with van der Waals surface area (Å²) in [6.07, 6.45) is 2.04. The third kappa shape index (κ3) is 3.22.